The molecule has 5 aliphatic rings. The van der Waals surface area contributed by atoms with Crippen LogP contribution in [0.4, 0.5) is 0 Å². The minimum atomic E-state index is 0.710. The molecule has 0 N–H and O–H groups in total. The first-order valence-corrected chi connectivity index (χ1v) is 8.87. The smallest absolute Gasteiger partial charge is 0.0635 e. The number of likely N-dealkylation sites (tertiary alicyclic amines) is 1. The summed E-state index contributed by atoms with van der Waals surface area (Å²) in [4.78, 5) is 2.53. The molecule has 2 heteroatoms. The highest BCUT2D eigenvalue weighted by atomic mass is 15.1. The average Bonchev–Trinajstić information content (AvgIpc) is 2.44. The topological polar surface area (TPSA) is 27.0 Å². The van der Waals surface area contributed by atoms with Crippen LogP contribution in [0, 0.1) is 40.4 Å². The lowest BCUT2D eigenvalue weighted by Crippen LogP contribution is -2.52. The highest BCUT2D eigenvalue weighted by molar-refractivity contribution is 5.04. The standard InChI is InChI=1S/C18H28N2/c19-4-1-5-20-6-2-17(3-7-20)18-11-14-8-15(12-18)10-16(9-14)13-18/h14-17H,1-3,5-13H2. The molecular formula is C18H28N2. The Morgan fingerprint density at radius 1 is 0.950 bits per heavy atom. The highest BCUT2D eigenvalue weighted by Crippen LogP contribution is 2.64. The SMILES string of the molecule is N#CCCN1CCC(C23CC4CC(CC(C4)C2)C3)CC1. The van der Waals surface area contributed by atoms with Crippen LogP contribution in [-0.2, 0) is 0 Å². The van der Waals surface area contributed by atoms with Crippen molar-refractivity contribution >= 4 is 0 Å². The van der Waals surface area contributed by atoms with Crippen molar-refractivity contribution in [2.75, 3.05) is 19.6 Å². The maximum atomic E-state index is 8.73. The van der Waals surface area contributed by atoms with E-state index in [1.807, 2.05) is 0 Å². The minimum absolute atomic E-state index is 0.710. The van der Waals surface area contributed by atoms with Gasteiger partial charge >= 0.3 is 0 Å². The fraction of sp³-hybridized carbons (Fsp3) is 0.944. The zero-order valence-corrected chi connectivity index (χ0v) is 12.7. The van der Waals surface area contributed by atoms with Crippen molar-refractivity contribution < 1.29 is 0 Å². The highest BCUT2D eigenvalue weighted by Gasteiger charge is 2.54. The molecule has 0 radical (unpaired) electrons. The lowest BCUT2D eigenvalue weighted by Gasteiger charge is -2.60. The van der Waals surface area contributed by atoms with E-state index in [1.165, 1.54) is 25.9 Å². The van der Waals surface area contributed by atoms with E-state index in [4.69, 9.17) is 5.26 Å². The Hall–Kier alpha value is -0.550. The zero-order valence-electron chi connectivity index (χ0n) is 12.7. The van der Waals surface area contributed by atoms with Gasteiger partial charge in [-0.2, -0.15) is 5.26 Å². The van der Waals surface area contributed by atoms with Gasteiger partial charge in [-0.15, -0.1) is 0 Å². The fourth-order valence-corrected chi connectivity index (χ4v) is 6.65. The van der Waals surface area contributed by atoms with E-state index in [0.717, 1.165) is 35.6 Å². The number of rotatable bonds is 3. The molecule has 4 aliphatic carbocycles. The Labute approximate surface area is 123 Å². The van der Waals surface area contributed by atoms with Gasteiger partial charge in [-0.05, 0) is 93.5 Å². The fourth-order valence-electron chi connectivity index (χ4n) is 6.65. The van der Waals surface area contributed by atoms with Crippen LogP contribution in [0.15, 0.2) is 0 Å². The summed E-state index contributed by atoms with van der Waals surface area (Å²) in [5, 5.41) is 8.73. The average molecular weight is 272 g/mol. The summed E-state index contributed by atoms with van der Waals surface area (Å²) in [5.74, 6) is 4.29. The summed E-state index contributed by atoms with van der Waals surface area (Å²) in [7, 11) is 0. The first-order chi connectivity index (χ1) is 9.77. The molecule has 0 aromatic rings. The van der Waals surface area contributed by atoms with Crippen LogP contribution in [0.1, 0.15) is 57.8 Å². The first-order valence-electron chi connectivity index (χ1n) is 8.87. The predicted molar refractivity (Wildman–Crippen MR) is 80.0 cm³/mol. The lowest BCUT2D eigenvalue weighted by molar-refractivity contribution is -0.0994. The molecule has 5 fully saturated rings. The zero-order chi connectivity index (χ0) is 13.6. The molecule has 0 aromatic heterocycles. The van der Waals surface area contributed by atoms with Gasteiger partial charge in [0, 0.05) is 13.0 Å². The Balaban J connectivity index is 1.40. The molecule has 0 atom stereocenters. The Bertz CT molecular complexity index is 365. The molecule has 1 heterocycles. The second-order valence-corrected chi connectivity index (χ2v) is 8.30. The second kappa shape index (κ2) is 5.02. The van der Waals surface area contributed by atoms with Gasteiger partial charge in [0.1, 0.15) is 0 Å². The number of hydrogen-bond donors (Lipinski definition) is 0. The van der Waals surface area contributed by atoms with Crippen LogP contribution in [0.2, 0.25) is 0 Å². The molecule has 0 unspecified atom stereocenters. The second-order valence-electron chi connectivity index (χ2n) is 8.30. The van der Waals surface area contributed by atoms with Crippen LogP contribution in [0.25, 0.3) is 0 Å². The van der Waals surface area contributed by atoms with E-state index in [-0.39, 0.29) is 0 Å². The normalized spacial score (nSPS) is 44.6. The van der Waals surface area contributed by atoms with Gasteiger partial charge in [0.05, 0.1) is 6.07 Å². The summed E-state index contributed by atoms with van der Waals surface area (Å²) >= 11 is 0. The van der Waals surface area contributed by atoms with Crippen molar-refractivity contribution in [1.82, 2.24) is 4.90 Å². The minimum Gasteiger partial charge on any atom is -0.302 e. The largest absolute Gasteiger partial charge is 0.302 e. The predicted octanol–water partition coefficient (Wildman–Crippen LogP) is 3.83. The van der Waals surface area contributed by atoms with Crippen LogP contribution >= 0.6 is 0 Å². The first kappa shape index (κ1) is 13.1. The third-order valence-corrected chi connectivity index (χ3v) is 7.08. The molecule has 0 aromatic carbocycles. The molecule has 1 saturated heterocycles. The van der Waals surface area contributed by atoms with Crippen molar-refractivity contribution in [2.24, 2.45) is 29.1 Å². The van der Waals surface area contributed by atoms with E-state index in [0.29, 0.717) is 6.42 Å². The van der Waals surface area contributed by atoms with E-state index in [1.54, 1.807) is 38.5 Å². The third kappa shape index (κ3) is 2.19. The van der Waals surface area contributed by atoms with Gasteiger partial charge in [-0.1, -0.05) is 0 Å². The van der Waals surface area contributed by atoms with Crippen molar-refractivity contribution in [3.05, 3.63) is 0 Å². The van der Waals surface area contributed by atoms with Crippen LogP contribution < -0.4 is 0 Å². The number of piperidine rings is 1. The van der Waals surface area contributed by atoms with Crippen molar-refractivity contribution in [3.8, 4) is 6.07 Å². The van der Waals surface area contributed by atoms with Gasteiger partial charge in [0.2, 0.25) is 0 Å². The Morgan fingerprint density at radius 3 is 2.00 bits per heavy atom. The molecular weight excluding hydrogens is 244 g/mol. The van der Waals surface area contributed by atoms with Crippen molar-refractivity contribution in [1.29, 1.82) is 5.26 Å². The van der Waals surface area contributed by atoms with Gasteiger partial charge in [-0.25, -0.2) is 0 Å². The van der Waals surface area contributed by atoms with Crippen molar-refractivity contribution in [3.63, 3.8) is 0 Å². The monoisotopic (exact) mass is 272 g/mol. The molecule has 5 rings (SSSR count). The molecule has 0 spiro atoms. The summed E-state index contributed by atoms with van der Waals surface area (Å²) < 4.78 is 0. The van der Waals surface area contributed by atoms with Crippen molar-refractivity contribution in [2.45, 2.75) is 57.8 Å². The number of hydrogen-bond acceptors (Lipinski definition) is 2. The van der Waals surface area contributed by atoms with Gasteiger partial charge in [0.15, 0.2) is 0 Å². The summed E-state index contributed by atoms with van der Waals surface area (Å²) in [6, 6.07) is 2.29. The van der Waals surface area contributed by atoms with Crippen LogP contribution in [0.5, 0.6) is 0 Å². The van der Waals surface area contributed by atoms with E-state index in [2.05, 4.69) is 11.0 Å². The molecule has 4 bridgehead atoms. The maximum Gasteiger partial charge on any atom is 0.0635 e. The molecule has 4 saturated carbocycles. The molecule has 1 aliphatic heterocycles. The Morgan fingerprint density at radius 2 is 1.50 bits per heavy atom. The number of nitriles is 1. The van der Waals surface area contributed by atoms with E-state index < -0.39 is 0 Å². The molecule has 0 amide bonds. The van der Waals surface area contributed by atoms with Gasteiger partial charge < -0.3 is 4.90 Å². The van der Waals surface area contributed by atoms with Gasteiger partial charge in [-0.3, -0.25) is 0 Å². The maximum absolute atomic E-state index is 8.73. The summed E-state index contributed by atoms with van der Waals surface area (Å²) in [6.45, 7) is 3.52. The summed E-state index contributed by atoms with van der Waals surface area (Å²) in [6.07, 6.45) is 13.0. The third-order valence-electron chi connectivity index (χ3n) is 7.08. The Kier molecular flexibility index (Phi) is 3.30. The number of nitrogens with zero attached hydrogens (tertiary/aromatic N) is 2. The quantitative estimate of drug-likeness (QED) is 0.780. The van der Waals surface area contributed by atoms with Crippen LogP contribution in [0.3, 0.4) is 0 Å². The van der Waals surface area contributed by atoms with Crippen LogP contribution in [-0.4, -0.2) is 24.5 Å². The molecule has 2 nitrogen and oxygen atoms in total. The summed E-state index contributed by atoms with van der Waals surface area (Å²) in [5.41, 5.74) is 0.760. The van der Waals surface area contributed by atoms with Gasteiger partial charge in [0.25, 0.3) is 0 Å². The molecule has 110 valence electrons. The molecule has 20 heavy (non-hydrogen) atoms. The van der Waals surface area contributed by atoms with E-state index >= 15 is 0 Å². The van der Waals surface area contributed by atoms with E-state index in [9.17, 15) is 0 Å². The lowest BCUT2D eigenvalue weighted by atomic mass is 9.45.